The molecule has 1 heterocycles. The molecular weight excluding hydrogens is 337 g/mol. The molecule has 0 unspecified atom stereocenters. The molecule has 0 saturated carbocycles. The Morgan fingerprint density at radius 1 is 1.30 bits per heavy atom. The van der Waals surface area contributed by atoms with Crippen LogP contribution in [0.1, 0.15) is 25.1 Å². The fourth-order valence-corrected chi connectivity index (χ4v) is 3.59. The summed E-state index contributed by atoms with van der Waals surface area (Å²) in [6.07, 6.45) is 1.59. The van der Waals surface area contributed by atoms with Crippen LogP contribution in [0.2, 0.25) is 4.47 Å². The van der Waals surface area contributed by atoms with Gasteiger partial charge in [0.1, 0.15) is 0 Å². The average molecular weight is 358 g/mol. The molecule has 0 aliphatic carbocycles. The minimum Gasteiger partial charge on any atom is -0.490 e. The Hall–Kier alpha value is -1.17. The number of ether oxygens (including phenoxy) is 2. The topological polar surface area (TPSA) is 31.4 Å². The maximum atomic E-state index is 14.2. The fraction of sp³-hybridized carbons (Fsp3) is 0.471. The number of rotatable bonds is 8. The number of hydrogen-bond acceptors (Lipinski definition) is 4. The second-order valence-electron chi connectivity index (χ2n) is 5.68. The molecule has 23 heavy (non-hydrogen) atoms. The molecule has 0 radical (unpaired) electrons. The first-order chi connectivity index (χ1) is 11.0. The summed E-state index contributed by atoms with van der Waals surface area (Å²) in [6.45, 7) is 5.28. The molecule has 0 spiro atoms. The summed E-state index contributed by atoms with van der Waals surface area (Å²) in [5, 5.41) is 0. The minimum atomic E-state index is -0.389. The molecule has 2 aromatic rings. The van der Waals surface area contributed by atoms with Gasteiger partial charge in [0.25, 0.3) is 0 Å². The summed E-state index contributed by atoms with van der Waals surface area (Å²) in [7, 11) is 1.63. The van der Waals surface area contributed by atoms with E-state index in [1.165, 1.54) is 17.4 Å². The maximum absolute atomic E-state index is 14.2. The molecule has 0 amide bonds. The molecule has 0 fully saturated rings. The van der Waals surface area contributed by atoms with Crippen molar-refractivity contribution in [3.05, 3.63) is 33.4 Å². The third-order valence-corrected chi connectivity index (χ3v) is 4.40. The lowest BCUT2D eigenvalue weighted by Crippen LogP contribution is -2.02. The van der Waals surface area contributed by atoms with Gasteiger partial charge in [-0.25, -0.2) is 9.37 Å². The molecule has 3 nitrogen and oxygen atoms in total. The van der Waals surface area contributed by atoms with Crippen LogP contribution in [0.3, 0.4) is 0 Å². The van der Waals surface area contributed by atoms with E-state index in [2.05, 4.69) is 18.8 Å². The highest BCUT2D eigenvalue weighted by Crippen LogP contribution is 2.34. The smallest absolute Gasteiger partial charge is 0.184 e. The van der Waals surface area contributed by atoms with Crippen molar-refractivity contribution >= 4 is 22.9 Å². The van der Waals surface area contributed by atoms with Crippen LogP contribution in [0.25, 0.3) is 11.3 Å². The lowest BCUT2D eigenvalue weighted by Gasteiger charge is -2.09. The second kappa shape index (κ2) is 8.62. The standard InChI is InChI=1S/C17H21ClFNO2S/c1-11(2)9-15-16(20-17(18)23-15)12-5-6-14(13(19)10-12)22-8-4-7-21-3/h5-6,10-11H,4,7-9H2,1-3H3. The van der Waals surface area contributed by atoms with Gasteiger partial charge in [-0.1, -0.05) is 25.4 Å². The van der Waals surface area contributed by atoms with Crippen LogP contribution < -0.4 is 4.74 Å². The molecule has 0 atom stereocenters. The van der Waals surface area contributed by atoms with Gasteiger partial charge in [-0.15, -0.1) is 11.3 Å². The number of methoxy groups -OCH3 is 1. The largest absolute Gasteiger partial charge is 0.490 e. The molecule has 0 aliphatic rings. The molecule has 0 aliphatic heterocycles. The third kappa shape index (κ3) is 5.16. The highest BCUT2D eigenvalue weighted by atomic mass is 35.5. The Labute approximate surface area is 145 Å². The summed E-state index contributed by atoms with van der Waals surface area (Å²) in [6, 6.07) is 4.93. The van der Waals surface area contributed by atoms with E-state index in [0.29, 0.717) is 23.6 Å². The van der Waals surface area contributed by atoms with Crippen LogP contribution in [0.5, 0.6) is 5.75 Å². The molecular formula is C17H21ClFNO2S. The Morgan fingerprint density at radius 3 is 2.74 bits per heavy atom. The molecule has 126 valence electrons. The summed E-state index contributed by atoms with van der Waals surface area (Å²) in [5.41, 5.74) is 1.49. The number of halogens is 2. The number of nitrogens with zero attached hydrogens (tertiary/aromatic N) is 1. The van der Waals surface area contributed by atoms with Gasteiger partial charge < -0.3 is 9.47 Å². The Morgan fingerprint density at radius 2 is 2.09 bits per heavy atom. The molecule has 0 N–H and O–H groups in total. The van der Waals surface area contributed by atoms with E-state index in [0.717, 1.165) is 29.0 Å². The number of thiazole rings is 1. The number of benzene rings is 1. The van der Waals surface area contributed by atoms with E-state index in [1.807, 2.05) is 6.07 Å². The fourth-order valence-electron chi connectivity index (χ4n) is 2.21. The third-order valence-electron chi connectivity index (χ3n) is 3.22. The lowest BCUT2D eigenvalue weighted by molar-refractivity contribution is 0.170. The molecule has 1 aromatic heterocycles. The maximum Gasteiger partial charge on any atom is 0.184 e. The minimum absolute atomic E-state index is 0.247. The first-order valence-corrected chi connectivity index (χ1v) is 8.77. The van der Waals surface area contributed by atoms with Gasteiger partial charge in [0.05, 0.1) is 12.3 Å². The quantitative estimate of drug-likeness (QED) is 0.607. The van der Waals surface area contributed by atoms with E-state index in [1.54, 1.807) is 13.2 Å². The zero-order valence-electron chi connectivity index (χ0n) is 13.6. The number of hydrogen-bond donors (Lipinski definition) is 0. The second-order valence-corrected chi connectivity index (χ2v) is 7.34. The van der Waals surface area contributed by atoms with Crippen molar-refractivity contribution < 1.29 is 13.9 Å². The predicted octanol–water partition coefficient (Wildman–Crippen LogP) is 5.22. The Bertz CT molecular complexity index is 646. The van der Waals surface area contributed by atoms with Gasteiger partial charge in [0, 0.05) is 30.6 Å². The zero-order chi connectivity index (χ0) is 16.8. The lowest BCUT2D eigenvalue weighted by atomic mass is 10.0. The average Bonchev–Trinajstić information content (AvgIpc) is 2.84. The molecule has 2 rings (SSSR count). The first kappa shape index (κ1) is 18.2. The van der Waals surface area contributed by atoms with Gasteiger partial charge in [0.2, 0.25) is 0 Å². The molecule has 0 saturated heterocycles. The first-order valence-electron chi connectivity index (χ1n) is 7.58. The van der Waals surface area contributed by atoms with E-state index < -0.39 is 0 Å². The van der Waals surface area contributed by atoms with E-state index in [-0.39, 0.29) is 11.6 Å². The molecule has 1 aromatic carbocycles. The summed E-state index contributed by atoms with van der Waals surface area (Å²) < 4.78 is 25.1. The van der Waals surface area contributed by atoms with Crippen LogP contribution >= 0.6 is 22.9 Å². The van der Waals surface area contributed by atoms with Crippen LogP contribution in [-0.2, 0) is 11.2 Å². The van der Waals surface area contributed by atoms with Crippen LogP contribution in [0, 0.1) is 11.7 Å². The van der Waals surface area contributed by atoms with Crippen molar-refractivity contribution in [1.82, 2.24) is 4.98 Å². The predicted molar refractivity (Wildman–Crippen MR) is 93.0 cm³/mol. The highest BCUT2D eigenvalue weighted by Gasteiger charge is 2.15. The van der Waals surface area contributed by atoms with Crippen molar-refractivity contribution in [3.63, 3.8) is 0 Å². The van der Waals surface area contributed by atoms with Crippen molar-refractivity contribution in [2.75, 3.05) is 20.3 Å². The van der Waals surface area contributed by atoms with Crippen molar-refractivity contribution in [1.29, 1.82) is 0 Å². The van der Waals surface area contributed by atoms with Gasteiger partial charge in [0.15, 0.2) is 16.0 Å². The monoisotopic (exact) mass is 357 g/mol. The van der Waals surface area contributed by atoms with Crippen LogP contribution in [0.15, 0.2) is 18.2 Å². The molecule has 0 bridgehead atoms. The van der Waals surface area contributed by atoms with Gasteiger partial charge in [-0.3, -0.25) is 0 Å². The summed E-state index contributed by atoms with van der Waals surface area (Å²) in [5.74, 6) is 0.342. The van der Waals surface area contributed by atoms with Crippen molar-refractivity contribution in [2.45, 2.75) is 26.7 Å². The van der Waals surface area contributed by atoms with Crippen LogP contribution in [0.4, 0.5) is 4.39 Å². The Kier molecular flexibility index (Phi) is 6.81. The molecule has 6 heteroatoms. The summed E-state index contributed by atoms with van der Waals surface area (Å²) in [4.78, 5) is 5.43. The van der Waals surface area contributed by atoms with Crippen LogP contribution in [-0.4, -0.2) is 25.3 Å². The van der Waals surface area contributed by atoms with Gasteiger partial charge >= 0.3 is 0 Å². The summed E-state index contributed by atoms with van der Waals surface area (Å²) >= 11 is 7.50. The van der Waals surface area contributed by atoms with E-state index in [9.17, 15) is 4.39 Å². The van der Waals surface area contributed by atoms with E-state index in [4.69, 9.17) is 21.1 Å². The van der Waals surface area contributed by atoms with Gasteiger partial charge in [-0.05, 0) is 30.5 Å². The SMILES string of the molecule is COCCCOc1ccc(-c2nc(Cl)sc2CC(C)C)cc1F. The van der Waals surface area contributed by atoms with Crippen molar-refractivity contribution in [3.8, 4) is 17.0 Å². The Balaban J connectivity index is 2.17. The van der Waals surface area contributed by atoms with Crippen molar-refractivity contribution in [2.24, 2.45) is 5.92 Å². The normalized spacial score (nSPS) is 11.2. The van der Waals surface area contributed by atoms with E-state index >= 15 is 0 Å². The highest BCUT2D eigenvalue weighted by molar-refractivity contribution is 7.16. The number of aromatic nitrogens is 1. The zero-order valence-corrected chi connectivity index (χ0v) is 15.1. The van der Waals surface area contributed by atoms with Gasteiger partial charge in [-0.2, -0.15) is 0 Å².